The number of amides is 1. The van der Waals surface area contributed by atoms with Crippen LogP contribution >= 0.6 is 0 Å². The fraction of sp³-hybridized carbons (Fsp3) is 0.231. The summed E-state index contributed by atoms with van der Waals surface area (Å²) in [6.45, 7) is 2.21. The smallest absolute Gasteiger partial charge is 0.244 e. The Bertz CT molecular complexity index is 603. The van der Waals surface area contributed by atoms with Gasteiger partial charge in [0.2, 0.25) is 5.91 Å². The van der Waals surface area contributed by atoms with Crippen LogP contribution < -0.4 is 10.2 Å². The van der Waals surface area contributed by atoms with Gasteiger partial charge in [0, 0.05) is 12.7 Å². The molecule has 0 aliphatic carbocycles. The molecule has 1 aliphatic rings. The minimum absolute atomic E-state index is 0.0116. The van der Waals surface area contributed by atoms with Crippen molar-refractivity contribution in [2.75, 3.05) is 16.8 Å². The number of carbonyl (C=O) groups excluding carboxylic acids is 1. The zero-order chi connectivity index (χ0) is 12.7. The van der Waals surface area contributed by atoms with Crippen LogP contribution in [0.25, 0.3) is 0 Å². The van der Waals surface area contributed by atoms with Crippen molar-refractivity contribution in [1.29, 1.82) is 0 Å². The van der Waals surface area contributed by atoms with E-state index in [1.807, 2.05) is 49.2 Å². The summed E-state index contributed by atoms with van der Waals surface area (Å²) in [4.78, 5) is 13.8. The number of anilines is 3. The average Bonchev–Trinajstić information content (AvgIpc) is 2.65. The molecule has 0 atom stereocenters. The van der Waals surface area contributed by atoms with Gasteiger partial charge in [-0.15, -0.1) is 0 Å². The summed E-state index contributed by atoms with van der Waals surface area (Å²) in [5.74, 6) is 0.917. The van der Waals surface area contributed by atoms with E-state index in [0.717, 1.165) is 22.9 Å². The lowest BCUT2D eigenvalue weighted by Crippen LogP contribution is -2.35. The molecule has 0 spiro atoms. The highest BCUT2D eigenvalue weighted by molar-refractivity contribution is 6.03. The Hall–Kier alpha value is -2.30. The van der Waals surface area contributed by atoms with Gasteiger partial charge < -0.3 is 10.2 Å². The van der Waals surface area contributed by atoms with Gasteiger partial charge in [-0.1, -0.05) is 18.2 Å². The third-order valence-corrected chi connectivity index (χ3v) is 3.08. The second kappa shape index (κ2) is 3.87. The molecule has 0 fully saturated rings. The number of fused-ring (bicyclic) bond motifs is 1. The van der Waals surface area contributed by atoms with Crippen LogP contribution in [0.15, 0.2) is 30.3 Å². The topological polar surface area (TPSA) is 50.2 Å². The molecule has 92 valence electrons. The highest BCUT2D eigenvalue weighted by Crippen LogP contribution is 2.36. The molecule has 1 N–H and O–H groups in total. The van der Waals surface area contributed by atoms with Gasteiger partial charge in [-0.05, 0) is 19.1 Å². The number of nitrogens with one attached hydrogen (secondary N) is 1. The highest BCUT2D eigenvalue weighted by atomic mass is 16.2. The average molecular weight is 242 g/mol. The molecule has 2 aromatic rings. The first-order valence-electron chi connectivity index (χ1n) is 5.83. The van der Waals surface area contributed by atoms with Crippen molar-refractivity contribution < 1.29 is 4.79 Å². The van der Waals surface area contributed by atoms with E-state index < -0.39 is 0 Å². The Kier molecular flexibility index (Phi) is 2.33. The Morgan fingerprint density at radius 3 is 2.72 bits per heavy atom. The van der Waals surface area contributed by atoms with E-state index in [1.54, 1.807) is 4.68 Å². The minimum Gasteiger partial charge on any atom is -0.320 e. The fourth-order valence-electron chi connectivity index (χ4n) is 2.32. The van der Waals surface area contributed by atoms with Crippen molar-refractivity contribution in [2.45, 2.75) is 6.92 Å². The highest BCUT2D eigenvalue weighted by Gasteiger charge is 2.28. The van der Waals surface area contributed by atoms with Crippen molar-refractivity contribution in [3.63, 3.8) is 0 Å². The molecule has 0 radical (unpaired) electrons. The van der Waals surface area contributed by atoms with Gasteiger partial charge in [0.25, 0.3) is 0 Å². The number of hydrogen-bond donors (Lipinski definition) is 1. The van der Waals surface area contributed by atoms with E-state index in [2.05, 4.69) is 10.4 Å². The number of benzene rings is 1. The summed E-state index contributed by atoms with van der Waals surface area (Å²) in [6.07, 6.45) is 0. The van der Waals surface area contributed by atoms with Crippen LogP contribution in [0.1, 0.15) is 5.69 Å². The minimum atomic E-state index is -0.0116. The molecule has 1 amide bonds. The van der Waals surface area contributed by atoms with Gasteiger partial charge in [-0.2, -0.15) is 5.10 Å². The molecule has 18 heavy (non-hydrogen) atoms. The van der Waals surface area contributed by atoms with Crippen LogP contribution in [0.2, 0.25) is 0 Å². The maximum absolute atomic E-state index is 11.8. The van der Waals surface area contributed by atoms with E-state index in [0.29, 0.717) is 6.54 Å². The number of rotatable bonds is 1. The first-order valence-corrected chi connectivity index (χ1v) is 5.83. The predicted molar refractivity (Wildman–Crippen MR) is 70.0 cm³/mol. The van der Waals surface area contributed by atoms with Crippen LogP contribution in [0, 0.1) is 6.92 Å². The number of hydrogen-bond acceptors (Lipinski definition) is 3. The molecule has 0 saturated heterocycles. The summed E-state index contributed by atoms with van der Waals surface area (Å²) in [5, 5.41) is 7.25. The SMILES string of the molecule is Cc1nn(C)c2c1NC(=O)CN2c1ccccc1. The quantitative estimate of drug-likeness (QED) is 0.829. The molecule has 5 heteroatoms. The Labute approximate surface area is 105 Å². The number of carbonyl (C=O) groups is 1. The van der Waals surface area contributed by atoms with E-state index in [4.69, 9.17) is 0 Å². The van der Waals surface area contributed by atoms with Crippen LogP contribution in [0.3, 0.4) is 0 Å². The van der Waals surface area contributed by atoms with E-state index in [1.165, 1.54) is 0 Å². The molecule has 1 aromatic carbocycles. The summed E-state index contributed by atoms with van der Waals surface area (Å²) in [7, 11) is 1.89. The summed E-state index contributed by atoms with van der Waals surface area (Å²) >= 11 is 0. The van der Waals surface area contributed by atoms with Crippen molar-refractivity contribution in [3.05, 3.63) is 36.0 Å². The predicted octanol–water partition coefficient (Wildman–Crippen LogP) is 1.82. The fourth-order valence-corrected chi connectivity index (χ4v) is 2.32. The molecule has 0 saturated carbocycles. The Balaban J connectivity index is 2.16. The second-order valence-electron chi connectivity index (χ2n) is 4.38. The largest absolute Gasteiger partial charge is 0.320 e. The van der Waals surface area contributed by atoms with Gasteiger partial charge >= 0.3 is 0 Å². The number of aryl methyl sites for hydroxylation is 2. The second-order valence-corrected chi connectivity index (χ2v) is 4.38. The molecule has 0 unspecified atom stereocenters. The number of para-hydroxylation sites is 1. The molecule has 3 rings (SSSR count). The lowest BCUT2D eigenvalue weighted by atomic mass is 10.2. The van der Waals surface area contributed by atoms with Crippen LogP contribution in [0.4, 0.5) is 17.2 Å². The van der Waals surface area contributed by atoms with E-state index in [-0.39, 0.29) is 5.91 Å². The standard InChI is InChI=1S/C13H14N4O/c1-9-12-13(16(2)15-9)17(8-11(18)14-12)10-6-4-3-5-7-10/h3-7H,8H2,1-2H3,(H,14,18). The van der Waals surface area contributed by atoms with Crippen LogP contribution in [0.5, 0.6) is 0 Å². The Morgan fingerprint density at radius 2 is 2.00 bits per heavy atom. The lowest BCUT2D eigenvalue weighted by Gasteiger charge is -2.29. The van der Waals surface area contributed by atoms with Crippen molar-refractivity contribution in [1.82, 2.24) is 9.78 Å². The van der Waals surface area contributed by atoms with Gasteiger partial charge in [-0.25, -0.2) is 0 Å². The van der Waals surface area contributed by atoms with Crippen molar-refractivity contribution in [2.24, 2.45) is 7.05 Å². The number of aromatic nitrogens is 2. The lowest BCUT2D eigenvalue weighted by molar-refractivity contribution is -0.115. The third kappa shape index (κ3) is 1.55. The summed E-state index contributed by atoms with van der Waals surface area (Å²) in [6, 6.07) is 9.87. The van der Waals surface area contributed by atoms with Crippen LogP contribution in [-0.4, -0.2) is 22.2 Å². The van der Waals surface area contributed by atoms with Crippen LogP contribution in [-0.2, 0) is 11.8 Å². The van der Waals surface area contributed by atoms with Gasteiger partial charge in [0.1, 0.15) is 12.2 Å². The first kappa shape index (κ1) is 10.8. The molecule has 1 aromatic heterocycles. The third-order valence-electron chi connectivity index (χ3n) is 3.08. The van der Waals surface area contributed by atoms with Crippen molar-refractivity contribution in [3.8, 4) is 0 Å². The molecular formula is C13H14N4O. The summed E-state index contributed by atoms with van der Waals surface area (Å²) < 4.78 is 1.80. The zero-order valence-electron chi connectivity index (χ0n) is 10.3. The molecule has 1 aliphatic heterocycles. The maximum Gasteiger partial charge on any atom is 0.244 e. The number of nitrogens with zero attached hydrogens (tertiary/aromatic N) is 3. The van der Waals surface area contributed by atoms with Gasteiger partial charge in [-0.3, -0.25) is 9.48 Å². The molecule has 5 nitrogen and oxygen atoms in total. The summed E-state index contributed by atoms with van der Waals surface area (Å²) in [5.41, 5.74) is 2.63. The van der Waals surface area contributed by atoms with Gasteiger partial charge in [0.15, 0.2) is 5.82 Å². The first-order chi connectivity index (χ1) is 8.66. The monoisotopic (exact) mass is 242 g/mol. The van der Waals surface area contributed by atoms with Gasteiger partial charge in [0.05, 0.1) is 5.69 Å². The normalized spacial score (nSPS) is 14.3. The molecule has 0 bridgehead atoms. The maximum atomic E-state index is 11.8. The molecule has 2 heterocycles. The van der Waals surface area contributed by atoms with E-state index >= 15 is 0 Å². The zero-order valence-corrected chi connectivity index (χ0v) is 10.3. The molecular weight excluding hydrogens is 228 g/mol. The van der Waals surface area contributed by atoms with Crippen molar-refractivity contribution >= 4 is 23.1 Å². The van der Waals surface area contributed by atoms with E-state index in [9.17, 15) is 4.79 Å². The Morgan fingerprint density at radius 1 is 1.28 bits per heavy atom.